The van der Waals surface area contributed by atoms with E-state index in [4.69, 9.17) is 0 Å². The molecule has 1 heterocycles. The first-order valence-corrected chi connectivity index (χ1v) is 13.7. The first kappa shape index (κ1) is 25.2. The lowest BCUT2D eigenvalue weighted by atomic mass is 9.86. The Morgan fingerprint density at radius 2 is 1.47 bits per heavy atom. The maximum Gasteiger partial charge on any atom is 0.253 e. The Kier molecular flexibility index (Phi) is 8.34. The number of nitrogens with one attached hydrogen (secondary N) is 1. The number of piperazine rings is 1. The second kappa shape index (κ2) is 11.2. The minimum Gasteiger partial charge on any atom is -0.354 e. The maximum absolute atomic E-state index is 13.4. The average molecular weight is 468 g/mol. The Bertz CT molecular complexity index is 809. The maximum atomic E-state index is 13.4. The van der Waals surface area contributed by atoms with Gasteiger partial charge in [0.25, 0.3) is 5.91 Å². The van der Waals surface area contributed by atoms with Crippen LogP contribution in [0.4, 0.5) is 0 Å². The standard InChI is InChI=1S/C29H45N3O2/c1-29(2,3)25-15-13-24(14-16-25)28(34)32-19-17-31(18-20-32)26(23-11-7-8-12-23)27(33)30-21-22-9-5-4-6-10-22/h13-16,22-23,26H,4-12,17-21H2,1-3H3,(H,30,33). The summed E-state index contributed by atoms with van der Waals surface area (Å²) in [6, 6.07) is 8.06. The zero-order valence-electron chi connectivity index (χ0n) is 21.7. The minimum atomic E-state index is -0.0330. The molecule has 2 saturated carbocycles. The van der Waals surface area contributed by atoms with Gasteiger partial charge in [0.05, 0.1) is 6.04 Å². The van der Waals surface area contributed by atoms with Gasteiger partial charge in [-0.1, -0.05) is 65.0 Å². The van der Waals surface area contributed by atoms with Crippen LogP contribution in [-0.4, -0.2) is 60.4 Å². The van der Waals surface area contributed by atoms with Crippen molar-refractivity contribution in [3.8, 4) is 0 Å². The molecule has 1 atom stereocenters. The average Bonchev–Trinajstić information content (AvgIpc) is 3.37. The number of carbonyl (C=O) groups is 2. The molecule has 4 rings (SSSR count). The fourth-order valence-corrected chi connectivity index (χ4v) is 6.19. The molecule has 5 nitrogen and oxygen atoms in total. The summed E-state index contributed by atoms with van der Waals surface area (Å²) in [5.74, 6) is 1.45. The van der Waals surface area contributed by atoms with E-state index in [1.54, 1.807) is 0 Å². The van der Waals surface area contributed by atoms with E-state index in [2.05, 4.69) is 43.1 Å². The molecule has 34 heavy (non-hydrogen) atoms. The van der Waals surface area contributed by atoms with Crippen LogP contribution in [0.3, 0.4) is 0 Å². The first-order chi connectivity index (χ1) is 16.3. The third-order valence-corrected chi connectivity index (χ3v) is 8.40. The molecule has 3 aliphatic rings. The van der Waals surface area contributed by atoms with Crippen molar-refractivity contribution in [2.75, 3.05) is 32.7 Å². The summed E-state index contributed by atoms with van der Waals surface area (Å²) in [6.07, 6.45) is 11.3. The predicted octanol–water partition coefficient (Wildman–Crippen LogP) is 5.00. The third kappa shape index (κ3) is 6.21. The summed E-state index contributed by atoms with van der Waals surface area (Å²) >= 11 is 0. The van der Waals surface area contributed by atoms with E-state index in [0.29, 0.717) is 24.9 Å². The number of amides is 2. The van der Waals surface area contributed by atoms with E-state index < -0.39 is 0 Å². The third-order valence-electron chi connectivity index (χ3n) is 8.40. The molecule has 1 unspecified atom stereocenters. The largest absolute Gasteiger partial charge is 0.354 e. The van der Waals surface area contributed by atoms with Crippen molar-refractivity contribution >= 4 is 11.8 Å². The van der Waals surface area contributed by atoms with Crippen molar-refractivity contribution in [1.82, 2.24) is 15.1 Å². The molecule has 188 valence electrons. The molecule has 0 aromatic heterocycles. The second-order valence-electron chi connectivity index (χ2n) is 11.9. The van der Waals surface area contributed by atoms with Crippen molar-refractivity contribution in [3.63, 3.8) is 0 Å². The fourth-order valence-electron chi connectivity index (χ4n) is 6.19. The molecule has 1 aromatic rings. The molecular formula is C29H45N3O2. The van der Waals surface area contributed by atoms with Gasteiger partial charge in [-0.15, -0.1) is 0 Å². The lowest BCUT2D eigenvalue weighted by Gasteiger charge is -2.41. The highest BCUT2D eigenvalue weighted by atomic mass is 16.2. The number of hydrogen-bond acceptors (Lipinski definition) is 3. The second-order valence-corrected chi connectivity index (χ2v) is 11.9. The summed E-state index contributed by atoms with van der Waals surface area (Å²) in [7, 11) is 0. The summed E-state index contributed by atoms with van der Waals surface area (Å²) in [5, 5.41) is 3.34. The Labute approximate surface area is 206 Å². The van der Waals surface area contributed by atoms with Gasteiger partial charge < -0.3 is 10.2 Å². The van der Waals surface area contributed by atoms with E-state index in [1.807, 2.05) is 17.0 Å². The van der Waals surface area contributed by atoms with Crippen molar-refractivity contribution < 1.29 is 9.59 Å². The van der Waals surface area contributed by atoms with Crippen LogP contribution in [-0.2, 0) is 10.2 Å². The summed E-state index contributed by atoms with van der Waals surface area (Å²) in [6.45, 7) is 10.4. The van der Waals surface area contributed by atoms with Crippen LogP contribution >= 0.6 is 0 Å². The molecule has 2 aliphatic carbocycles. The monoisotopic (exact) mass is 467 g/mol. The molecule has 2 amide bonds. The number of rotatable bonds is 6. The van der Waals surface area contributed by atoms with Crippen LogP contribution < -0.4 is 5.32 Å². The van der Waals surface area contributed by atoms with Crippen molar-refractivity contribution in [2.24, 2.45) is 11.8 Å². The van der Waals surface area contributed by atoms with Gasteiger partial charge in [-0.05, 0) is 60.6 Å². The minimum absolute atomic E-state index is 0.0330. The van der Waals surface area contributed by atoms with Gasteiger partial charge in [0, 0.05) is 38.3 Å². The number of nitrogens with zero attached hydrogens (tertiary/aromatic N) is 2. The molecule has 5 heteroatoms. The van der Waals surface area contributed by atoms with Gasteiger partial charge in [-0.2, -0.15) is 0 Å². The SMILES string of the molecule is CC(C)(C)c1ccc(C(=O)N2CCN(C(C(=O)NCC3CCCCC3)C3CCCC3)CC2)cc1. The summed E-state index contributed by atoms with van der Waals surface area (Å²) in [5.41, 5.74) is 2.09. The lowest BCUT2D eigenvalue weighted by molar-refractivity contribution is -0.129. The number of carbonyl (C=O) groups excluding carboxylic acids is 2. The van der Waals surface area contributed by atoms with Crippen LogP contribution in [0.15, 0.2) is 24.3 Å². The molecular weight excluding hydrogens is 422 g/mol. The van der Waals surface area contributed by atoms with Gasteiger partial charge in [-0.25, -0.2) is 0 Å². The van der Waals surface area contributed by atoms with Gasteiger partial charge in [0.1, 0.15) is 0 Å². The molecule has 1 N–H and O–H groups in total. The highest BCUT2D eigenvalue weighted by Crippen LogP contribution is 2.31. The first-order valence-electron chi connectivity index (χ1n) is 13.7. The normalized spacial score (nSPS) is 22.0. The van der Waals surface area contributed by atoms with Gasteiger partial charge in [0.15, 0.2) is 0 Å². The zero-order chi connectivity index (χ0) is 24.1. The van der Waals surface area contributed by atoms with Gasteiger partial charge in [-0.3, -0.25) is 14.5 Å². The smallest absolute Gasteiger partial charge is 0.253 e. The van der Waals surface area contributed by atoms with Crippen molar-refractivity contribution in [3.05, 3.63) is 35.4 Å². The highest BCUT2D eigenvalue weighted by molar-refractivity contribution is 5.94. The van der Waals surface area contributed by atoms with E-state index in [0.717, 1.165) is 38.0 Å². The zero-order valence-corrected chi connectivity index (χ0v) is 21.7. The van der Waals surface area contributed by atoms with Crippen molar-refractivity contribution in [2.45, 2.75) is 90.0 Å². The van der Waals surface area contributed by atoms with Crippen LogP contribution in [0.5, 0.6) is 0 Å². The molecule has 1 aromatic carbocycles. The van der Waals surface area contributed by atoms with E-state index >= 15 is 0 Å². The molecule has 0 spiro atoms. The van der Waals surface area contributed by atoms with E-state index in [9.17, 15) is 9.59 Å². The van der Waals surface area contributed by atoms with Gasteiger partial charge in [0.2, 0.25) is 5.91 Å². The number of benzene rings is 1. The Hall–Kier alpha value is -1.88. The Morgan fingerprint density at radius 3 is 2.06 bits per heavy atom. The van der Waals surface area contributed by atoms with E-state index in [1.165, 1.54) is 50.5 Å². The highest BCUT2D eigenvalue weighted by Gasteiger charge is 2.37. The van der Waals surface area contributed by atoms with E-state index in [-0.39, 0.29) is 23.3 Å². The number of hydrogen-bond donors (Lipinski definition) is 1. The van der Waals surface area contributed by atoms with Crippen LogP contribution in [0, 0.1) is 11.8 Å². The quantitative estimate of drug-likeness (QED) is 0.641. The summed E-state index contributed by atoms with van der Waals surface area (Å²) < 4.78 is 0. The van der Waals surface area contributed by atoms with Crippen LogP contribution in [0.25, 0.3) is 0 Å². The van der Waals surface area contributed by atoms with Crippen molar-refractivity contribution in [1.29, 1.82) is 0 Å². The van der Waals surface area contributed by atoms with Crippen LogP contribution in [0.2, 0.25) is 0 Å². The molecule has 0 bridgehead atoms. The van der Waals surface area contributed by atoms with Gasteiger partial charge >= 0.3 is 0 Å². The Morgan fingerprint density at radius 1 is 0.882 bits per heavy atom. The van der Waals surface area contributed by atoms with Crippen LogP contribution in [0.1, 0.15) is 94.5 Å². The topological polar surface area (TPSA) is 52.7 Å². The fraction of sp³-hybridized carbons (Fsp3) is 0.724. The molecule has 1 saturated heterocycles. The molecule has 0 radical (unpaired) electrons. The predicted molar refractivity (Wildman–Crippen MR) is 138 cm³/mol. The summed E-state index contributed by atoms with van der Waals surface area (Å²) in [4.78, 5) is 30.9. The lowest BCUT2D eigenvalue weighted by Crippen LogP contribution is -2.58. The Balaban J connectivity index is 1.34. The molecule has 1 aliphatic heterocycles. The molecule has 3 fully saturated rings.